The maximum absolute atomic E-state index is 13.0. The summed E-state index contributed by atoms with van der Waals surface area (Å²) in [5, 5.41) is 7.47. The van der Waals surface area contributed by atoms with Crippen LogP contribution in [0.1, 0.15) is 25.7 Å². The molecule has 3 aromatic rings. The Hall–Kier alpha value is -2.68. The zero-order valence-electron chi connectivity index (χ0n) is 14.8. The van der Waals surface area contributed by atoms with Gasteiger partial charge in [-0.2, -0.15) is 10.1 Å². The lowest BCUT2D eigenvalue weighted by molar-refractivity contribution is -0.128. The number of hydrogen-bond donors (Lipinski definition) is 1. The van der Waals surface area contributed by atoms with Gasteiger partial charge in [-0.25, -0.2) is 14.6 Å². The second-order valence-electron chi connectivity index (χ2n) is 6.44. The molecule has 0 bridgehead atoms. The Bertz CT molecular complexity index is 993. The number of thioether (sulfide) groups is 1. The van der Waals surface area contributed by atoms with Crippen LogP contribution in [0.2, 0.25) is 0 Å². The van der Waals surface area contributed by atoms with Crippen LogP contribution < -0.4 is 5.56 Å². The van der Waals surface area contributed by atoms with E-state index >= 15 is 0 Å². The average molecular weight is 384 g/mol. The molecule has 0 atom stereocenters. The molecular weight excluding hydrogens is 364 g/mol. The predicted molar refractivity (Wildman–Crippen MR) is 103 cm³/mol. The van der Waals surface area contributed by atoms with Gasteiger partial charge in [0, 0.05) is 13.1 Å². The van der Waals surface area contributed by atoms with Crippen molar-refractivity contribution in [2.45, 2.75) is 30.8 Å². The van der Waals surface area contributed by atoms with Crippen LogP contribution in [0.3, 0.4) is 0 Å². The van der Waals surface area contributed by atoms with Gasteiger partial charge in [0.05, 0.1) is 16.7 Å². The fraction of sp³-hybridized carbons (Fsp3) is 0.389. The van der Waals surface area contributed by atoms with E-state index < -0.39 is 0 Å². The summed E-state index contributed by atoms with van der Waals surface area (Å²) >= 11 is 1.26. The minimum atomic E-state index is -0.234. The van der Waals surface area contributed by atoms with E-state index in [0.29, 0.717) is 22.0 Å². The molecule has 9 heteroatoms. The van der Waals surface area contributed by atoms with Gasteiger partial charge in [-0.15, -0.1) is 0 Å². The van der Waals surface area contributed by atoms with Gasteiger partial charge in [0.2, 0.25) is 11.9 Å². The number of carbonyl (C=O) groups excluding carboxylic acids is 1. The van der Waals surface area contributed by atoms with Crippen LogP contribution in [0.5, 0.6) is 0 Å². The van der Waals surface area contributed by atoms with Crippen molar-refractivity contribution in [1.82, 2.24) is 29.6 Å². The summed E-state index contributed by atoms with van der Waals surface area (Å²) in [6.45, 7) is 1.61. The van der Waals surface area contributed by atoms with E-state index in [1.54, 1.807) is 18.2 Å². The summed E-state index contributed by atoms with van der Waals surface area (Å²) in [6, 6.07) is 7.16. The summed E-state index contributed by atoms with van der Waals surface area (Å²) in [7, 11) is 0. The molecule has 1 aromatic carbocycles. The van der Waals surface area contributed by atoms with Crippen LogP contribution in [-0.2, 0) is 4.79 Å². The molecule has 0 saturated carbocycles. The summed E-state index contributed by atoms with van der Waals surface area (Å²) in [6.07, 6.45) is 5.79. The smallest absolute Gasteiger partial charge is 0.269 e. The van der Waals surface area contributed by atoms with Crippen LogP contribution in [0.15, 0.2) is 40.5 Å². The highest BCUT2D eigenvalue weighted by Gasteiger charge is 2.19. The molecular formula is C18H20N6O2S. The summed E-state index contributed by atoms with van der Waals surface area (Å²) in [5.41, 5.74) is 0.366. The number of likely N-dealkylation sites (tertiary alicyclic amines) is 1. The normalized spacial score (nSPS) is 15.0. The molecule has 1 saturated heterocycles. The molecule has 0 unspecified atom stereocenters. The standard InChI is InChI=1S/C18H20N6O2S/c25-15(23-9-5-1-2-6-10-23)11-27-18-21-14-8-4-3-7-13(14)16(26)24(18)17-19-12-20-22-17/h3-4,7-8,12H,1-2,5-6,9-11H2,(H,19,20,22). The van der Waals surface area contributed by atoms with Crippen LogP contribution in [0.25, 0.3) is 16.9 Å². The van der Waals surface area contributed by atoms with Gasteiger partial charge in [0.25, 0.3) is 5.56 Å². The van der Waals surface area contributed by atoms with Gasteiger partial charge < -0.3 is 4.90 Å². The van der Waals surface area contributed by atoms with Crippen molar-refractivity contribution in [3.8, 4) is 5.95 Å². The van der Waals surface area contributed by atoms with E-state index in [2.05, 4.69) is 20.2 Å². The van der Waals surface area contributed by atoms with Gasteiger partial charge in [-0.05, 0) is 25.0 Å². The lowest BCUT2D eigenvalue weighted by Crippen LogP contribution is -2.33. The van der Waals surface area contributed by atoms with Crippen molar-refractivity contribution < 1.29 is 4.79 Å². The molecule has 2 aromatic heterocycles. The highest BCUT2D eigenvalue weighted by atomic mass is 32.2. The molecule has 1 aliphatic heterocycles. The van der Waals surface area contributed by atoms with Crippen LogP contribution in [0.4, 0.5) is 0 Å². The predicted octanol–water partition coefficient (Wildman–Crippen LogP) is 2.00. The summed E-state index contributed by atoms with van der Waals surface area (Å²) in [5.74, 6) is 0.607. The first-order chi connectivity index (χ1) is 13.2. The molecule has 1 fully saturated rings. The maximum Gasteiger partial charge on any atom is 0.269 e. The number of nitrogens with zero attached hydrogens (tertiary/aromatic N) is 5. The van der Waals surface area contributed by atoms with Crippen LogP contribution in [0, 0.1) is 0 Å². The molecule has 8 nitrogen and oxygen atoms in total. The first-order valence-electron chi connectivity index (χ1n) is 9.02. The zero-order chi connectivity index (χ0) is 18.6. The van der Waals surface area contributed by atoms with Crippen molar-refractivity contribution in [1.29, 1.82) is 0 Å². The van der Waals surface area contributed by atoms with Gasteiger partial charge in [-0.3, -0.25) is 9.59 Å². The number of nitrogens with one attached hydrogen (secondary N) is 1. The van der Waals surface area contributed by atoms with Gasteiger partial charge in [0.15, 0.2) is 5.16 Å². The second kappa shape index (κ2) is 7.91. The summed E-state index contributed by atoms with van der Waals surface area (Å²) in [4.78, 5) is 36.2. The number of amides is 1. The van der Waals surface area contributed by atoms with Crippen LogP contribution >= 0.6 is 11.8 Å². The molecule has 0 spiro atoms. The Morgan fingerprint density at radius 3 is 2.67 bits per heavy atom. The Morgan fingerprint density at radius 2 is 1.93 bits per heavy atom. The molecule has 1 aliphatic rings. The SMILES string of the molecule is O=C(CSc1nc2ccccc2c(=O)n1-c1ncn[nH]1)N1CCCCCC1. The lowest BCUT2D eigenvalue weighted by Gasteiger charge is -2.20. The number of fused-ring (bicyclic) bond motifs is 1. The third kappa shape index (κ3) is 3.73. The topological polar surface area (TPSA) is 96.8 Å². The number of benzene rings is 1. The molecule has 27 heavy (non-hydrogen) atoms. The lowest BCUT2D eigenvalue weighted by atomic mass is 10.2. The zero-order valence-corrected chi connectivity index (χ0v) is 15.6. The van der Waals surface area contributed by atoms with E-state index in [1.165, 1.54) is 35.5 Å². The fourth-order valence-corrected chi connectivity index (χ4v) is 4.14. The Labute approximate surface area is 160 Å². The number of aromatic nitrogens is 5. The molecule has 0 aliphatic carbocycles. The number of rotatable bonds is 4. The number of hydrogen-bond acceptors (Lipinski definition) is 6. The minimum absolute atomic E-state index is 0.0772. The quantitative estimate of drug-likeness (QED) is 0.546. The molecule has 1 N–H and O–H groups in total. The molecule has 0 radical (unpaired) electrons. The Morgan fingerprint density at radius 1 is 1.15 bits per heavy atom. The molecule has 3 heterocycles. The molecule has 1 amide bonds. The highest BCUT2D eigenvalue weighted by Crippen LogP contribution is 2.21. The van der Waals surface area contributed by atoms with Gasteiger partial charge in [0.1, 0.15) is 6.33 Å². The van der Waals surface area contributed by atoms with Crippen molar-refractivity contribution in [2.24, 2.45) is 0 Å². The highest BCUT2D eigenvalue weighted by molar-refractivity contribution is 7.99. The maximum atomic E-state index is 13.0. The van der Waals surface area contributed by atoms with Crippen LogP contribution in [-0.4, -0.2) is 54.4 Å². The third-order valence-electron chi connectivity index (χ3n) is 4.64. The Balaban J connectivity index is 1.65. The van der Waals surface area contributed by atoms with E-state index in [1.807, 2.05) is 11.0 Å². The van der Waals surface area contributed by atoms with Crippen molar-refractivity contribution >= 4 is 28.6 Å². The first kappa shape index (κ1) is 17.7. The molecule has 140 valence electrons. The second-order valence-corrected chi connectivity index (χ2v) is 7.39. The monoisotopic (exact) mass is 384 g/mol. The number of H-pyrrole nitrogens is 1. The first-order valence-corrected chi connectivity index (χ1v) is 10.0. The molecule has 4 rings (SSSR count). The number of aromatic amines is 1. The van der Waals surface area contributed by atoms with Crippen molar-refractivity contribution in [2.75, 3.05) is 18.8 Å². The Kier molecular flexibility index (Phi) is 5.19. The van der Waals surface area contributed by atoms with E-state index in [9.17, 15) is 9.59 Å². The van der Waals surface area contributed by atoms with Gasteiger partial charge in [-0.1, -0.05) is 36.7 Å². The average Bonchev–Trinajstić information content (AvgIpc) is 3.07. The van der Waals surface area contributed by atoms with E-state index in [4.69, 9.17) is 0 Å². The fourth-order valence-electron chi connectivity index (χ4n) is 3.24. The van der Waals surface area contributed by atoms with E-state index in [0.717, 1.165) is 25.9 Å². The van der Waals surface area contributed by atoms with E-state index in [-0.39, 0.29) is 17.2 Å². The largest absolute Gasteiger partial charge is 0.342 e. The summed E-state index contributed by atoms with van der Waals surface area (Å²) < 4.78 is 1.38. The third-order valence-corrected chi connectivity index (χ3v) is 5.57. The van der Waals surface area contributed by atoms with Crippen molar-refractivity contribution in [3.05, 3.63) is 40.9 Å². The van der Waals surface area contributed by atoms with Gasteiger partial charge >= 0.3 is 0 Å². The minimum Gasteiger partial charge on any atom is -0.342 e. The number of carbonyl (C=O) groups is 1. The van der Waals surface area contributed by atoms with Crippen molar-refractivity contribution in [3.63, 3.8) is 0 Å². The number of para-hydroxylation sites is 1.